The maximum Gasteiger partial charge on any atom is 0.282 e. The normalized spacial score (nSPS) is 29.1. The van der Waals surface area contributed by atoms with Crippen LogP contribution in [-0.2, 0) is 10.2 Å². The summed E-state index contributed by atoms with van der Waals surface area (Å²) < 4.78 is 28.0. The molecule has 108 valence electrons. The molecule has 0 spiro atoms. The van der Waals surface area contributed by atoms with Gasteiger partial charge in [-0.1, -0.05) is 13.8 Å². The molecule has 0 amide bonds. The summed E-state index contributed by atoms with van der Waals surface area (Å²) in [7, 11) is -3.24. The maximum absolute atomic E-state index is 12.4. The summed E-state index contributed by atoms with van der Waals surface area (Å²) in [5.41, 5.74) is 0. The minimum absolute atomic E-state index is 0. The summed E-state index contributed by atoms with van der Waals surface area (Å²) in [4.78, 5) is 0. The zero-order valence-corrected chi connectivity index (χ0v) is 12.8. The number of rotatable bonds is 4. The topological polar surface area (TPSA) is 52.7 Å². The molecule has 5 nitrogen and oxygen atoms in total. The second kappa shape index (κ2) is 6.52. The van der Waals surface area contributed by atoms with Crippen molar-refractivity contribution < 1.29 is 8.42 Å². The average Bonchev–Trinajstić information content (AvgIpc) is 2.58. The molecule has 2 heterocycles. The Morgan fingerprint density at radius 1 is 1.17 bits per heavy atom. The van der Waals surface area contributed by atoms with E-state index in [1.807, 2.05) is 13.8 Å². The molecule has 0 radical (unpaired) electrons. The van der Waals surface area contributed by atoms with Gasteiger partial charge in [0.05, 0.1) is 0 Å². The second-order valence-electron chi connectivity index (χ2n) is 4.88. The maximum atomic E-state index is 12.4. The van der Waals surface area contributed by atoms with E-state index in [1.54, 1.807) is 8.61 Å². The standard InChI is InChI=1S/C11H23N3O2S.ClH/c1-3-13(4-2)17(15,16)14-8-7-10-5-6-11(9-14)12-10;/h10-12H,3-9H2,1-2H3;1H. The molecule has 2 aliphatic rings. The monoisotopic (exact) mass is 297 g/mol. The highest BCUT2D eigenvalue weighted by Gasteiger charge is 2.36. The second-order valence-corrected chi connectivity index (χ2v) is 6.81. The van der Waals surface area contributed by atoms with Crippen LogP contribution in [0, 0.1) is 0 Å². The van der Waals surface area contributed by atoms with Crippen LogP contribution in [0.3, 0.4) is 0 Å². The van der Waals surface area contributed by atoms with Crippen LogP contribution in [0.1, 0.15) is 33.1 Å². The lowest BCUT2D eigenvalue weighted by Crippen LogP contribution is -2.47. The molecule has 0 saturated carbocycles. The van der Waals surface area contributed by atoms with Gasteiger partial charge in [0.2, 0.25) is 0 Å². The number of nitrogens with one attached hydrogen (secondary N) is 1. The van der Waals surface area contributed by atoms with Crippen molar-refractivity contribution in [3.05, 3.63) is 0 Å². The fourth-order valence-electron chi connectivity index (χ4n) is 2.83. The quantitative estimate of drug-likeness (QED) is 0.836. The fraction of sp³-hybridized carbons (Fsp3) is 1.00. The lowest BCUT2D eigenvalue weighted by molar-refractivity contribution is 0.334. The van der Waals surface area contributed by atoms with E-state index < -0.39 is 10.2 Å². The first-order valence-corrected chi connectivity index (χ1v) is 7.98. The van der Waals surface area contributed by atoms with Crippen molar-refractivity contribution >= 4 is 22.6 Å². The van der Waals surface area contributed by atoms with Gasteiger partial charge in [0, 0.05) is 38.3 Å². The highest BCUT2D eigenvalue weighted by Crippen LogP contribution is 2.23. The van der Waals surface area contributed by atoms with Gasteiger partial charge in [0.15, 0.2) is 0 Å². The number of nitrogens with zero attached hydrogens (tertiary/aromatic N) is 2. The lowest BCUT2D eigenvalue weighted by Gasteiger charge is -2.29. The number of fused-ring (bicyclic) bond motifs is 2. The molecule has 1 N–H and O–H groups in total. The van der Waals surface area contributed by atoms with Crippen molar-refractivity contribution in [1.82, 2.24) is 13.9 Å². The minimum atomic E-state index is -3.24. The van der Waals surface area contributed by atoms with Crippen LogP contribution in [0.5, 0.6) is 0 Å². The van der Waals surface area contributed by atoms with Gasteiger partial charge in [-0.25, -0.2) is 0 Å². The van der Waals surface area contributed by atoms with Crippen LogP contribution in [0.15, 0.2) is 0 Å². The Kier molecular flexibility index (Phi) is 5.86. The van der Waals surface area contributed by atoms with Crippen LogP contribution < -0.4 is 5.32 Å². The zero-order chi connectivity index (χ0) is 12.5. The number of halogens is 1. The van der Waals surface area contributed by atoms with Gasteiger partial charge in [0.1, 0.15) is 0 Å². The van der Waals surface area contributed by atoms with Crippen molar-refractivity contribution in [2.45, 2.75) is 45.2 Å². The molecule has 7 heteroatoms. The van der Waals surface area contributed by atoms with Gasteiger partial charge >= 0.3 is 0 Å². The van der Waals surface area contributed by atoms with E-state index in [0.29, 0.717) is 38.3 Å². The van der Waals surface area contributed by atoms with Crippen molar-refractivity contribution in [1.29, 1.82) is 0 Å². The van der Waals surface area contributed by atoms with Crippen molar-refractivity contribution in [2.75, 3.05) is 26.2 Å². The molecule has 0 aromatic heterocycles. The summed E-state index contributed by atoms with van der Waals surface area (Å²) in [6.07, 6.45) is 3.25. The molecule has 18 heavy (non-hydrogen) atoms. The largest absolute Gasteiger partial charge is 0.310 e. The van der Waals surface area contributed by atoms with Gasteiger partial charge in [-0.3, -0.25) is 0 Å². The first kappa shape index (κ1) is 16.2. The molecule has 2 fully saturated rings. The highest BCUT2D eigenvalue weighted by molar-refractivity contribution is 7.86. The Morgan fingerprint density at radius 2 is 1.78 bits per heavy atom. The third kappa shape index (κ3) is 3.17. The molecule has 2 atom stereocenters. The van der Waals surface area contributed by atoms with E-state index >= 15 is 0 Å². The van der Waals surface area contributed by atoms with Crippen molar-refractivity contribution in [2.24, 2.45) is 0 Å². The first-order chi connectivity index (χ1) is 8.07. The number of hydrogen-bond acceptors (Lipinski definition) is 3. The Labute approximate surface area is 116 Å². The van der Waals surface area contributed by atoms with Crippen molar-refractivity contribution in [3.63, 3.8) is 0 Å². The summed E-state index contributed by atoms with van der Waals surface area (Å²) >= 11 is 0. The zero-order valence-electron chi connectivity index (χ0n) is 11.1. The predicted octanol–water partition coefficient (Wildman–Crippen LogP) is 0.821. The van der Waals surface area contributed by atoms with Crippen LogP contribution in [0.2, 0.25) is 0 Å². The highest BCUT2D eigenvalue weighted by atomic mass is 35.5. The average molecular weight is 298 g/mol. The van der Waals surface area contributed by atoms with Gasteiger partial charge < -0.3 is 5.32 Å². The molecule has 0 aromatic carbocycles. The van der Waals surface area contributed by atoms with Crippen LogP contribution in [-0.4, -0.2) is 55.3 Å². The van der Waals surface area contributed by atoms with Crippen LogP contribution in [0.25, 0.3) is 0 Å². The summed E-state index contributed by atoms with van der Waals surface area (Å²) in [6, 6.07) is 0.879. The van der Waals surface area contributed by atoms with E-state index in [4.69, 9.17) is 0 Å². The van der Waals surface area contributed by atoms with Crippen LogP contribution in [0.4, 0.5) is 0 Å². The van der Waals surface area contributed by atoms with E-state index in [0.717, 1.165) is 12.8 Å². The molecular formula is C11H24ClN3O2S. The summed E-state index contributed by atoms with van der Waals surface area (Å²) in [5, 5.41) is 3.51. The van der Waals surface area contributed by atoms with Gasteiger partial charge in [-0.05, 0) is 19.3 Å². The third-order valence-corrected chi connectivity index (χ3v) is 6.00. The summed E-state index contributed by atoms with van der Waals surface area (Å²) in [6.45, 7) is 6.18. The first-order valence-electron chi connectivity index (χ1n) is 6.59. The third-order valence-electron chi connectivity index (χ3n) is 3.84. The molecular weight excluding hydrogens is 274 g/mol. The molecule has 2 saturated heterocycles. The van der Waals surface area contributed by atoms with E-state index in [2.05, 4.69) is 5.32 Å². The van der Waals surface area contributed by atoms with E-state index in [9.17, 15) is 8.42 Å². The fourth-order valence-corrected chi connectivity index (χ4v) is 4.52. The minimum Gasteiger partial charge on any atom is -0.310 e. The molecule has 2 unspecified atom stereocenters. The molecule has 0 aliphatic carbocycles. The Bertz CT molecular complexity index is 359. The molecule has 2 bridgehead atoms. The van der Waals surface area contributed by atoms with E-state index in [-0.39, 0.29) is 12.4 Å². The lowest BCUT2D eigenvalue weighted by atomic mass is 10.1. The Balaban J connectivity index is 0.00000162. The smallest absolute Gasteiger partial charge is 0.282 e. The SMILES string of the molecule is CCN(CC)S(=O)(=O)N1CCC2CCC(C1)N2.Cl. The molecule has 0 aromatic rings. The predicted molar refractivity (Wildman–Crippen MR) is 75.2 cm³/mol. The molecule has 2 rings (SSSR count). The number of hydrogen-bond donors (Lipinski definition) is 1. The van der Waals surface area contributed by atoms with Crippen LogP contribution >= 0.6 is 12.4 Å². The van der Waals surface area contributed by atoms with Crippen molar-refractivity contribution in [3.8, 4) is 0 Å². The molecule has 2 aliphatic heterocycles. The Morgan fingerprint density at radius 3 is 2.39 bits per heavy atom. The Hall–Kier alpha value is 0.120. The van der Waals surface area contributed by atoms with Gasteiger partial charge in [-0.15, -0.1) is 12.4 Å². The van der Waals surface area contributed by atoms with E-state index in [1.165, 1.54) is 6.42 Å². The van der Waals surface area contributed by atoms with Gasteiger partial charge in [0.25, 0.3) is 10.2 Å². The summed E-state index contributed by atoms with van der Waals surface area (Å²) in [5.74, 6) is 0. The van der Waals surface area contributed by atoms with Gasteiger partial charge in [-0.2, -0.15) is 17.0 Å².